The third-order valence-corrected chi connectivity index (χ3v) is 8.52. The molecule has 0 amide bonds. The van der Waals surface area contributed by atoms with Crippen molar-refractivity contribution in [3.8, 4) is 5.75 Å². The number of hydroxylamine groups is 2. The first-order valence-corrected chi connectivity index (χ1v) is 15.3. The fraction of sp³-hybridized carbons (Fsp3) is 0.351. The van der Waals surface area contributed by atoms with E-state index in [9.17, 15) is 0 Å². The Hall–Kier alpha value is -3.56. The number of benzene rings is 4. The monoisotopic (exact) mass is 595 g/mol. The molecule has 2 fully saturated rings. The molecular formula is C37H41NO6. The molecule has 2 aliphatic rings. The maximum Gasteiger partial charge on any atom is 0.118 e. The molecule has 4 aromatic carbocycles. The Kier molecular flexibility index (Phi) is 10.3. The van der Waals surface area contributed by atoms with Crippen LogP contribution in [0.5, 0.6) is 5.75 Å². The van der Waals surface area contributed by atoms with Crippen molar-refractivity contribution in [3.63, 3.8) is 0 Å². The van der Waals surface area contributed by atoms with Crippen LogP contribution in [-0.4, -0.2) is 56.3 Å². The van der Waals surface area contributed by atoms with Gasteiger partial charge in [-0.05, 0) is 34.4 Å². The van der Waals surface area contributed by atoms with Crippen molar-refractivity contribution in [3.05, 3.63) is 138 Å². The van der Waals surface area contributed by atoms with Crippen LogP contribution in [0.15, 0.2) is 115 Å². The maximum absolute atomic E-state index is 6.81. The van der Waals surface area contributed by atoms with E-state index in [1.54, 1.807) is 7.11 Å². The highest BCUT2D eigenvalue weighted by Gasteiger charge is 2.57. The van der Waals surface area contributed by atoms with Gasteiger partial charge in [-0.3, -0.25) is 4.84 Å². The molecule has 4 aromatic rings. The topological polar surface area (TPSA) is 58.6 Å². The van der Waals surface area contributed by atoms with E-state index in [4.69, 9.17) is 28.5 Å². The minimum atomic E-state index is -0.427. The molecule has 7 nitrogen and oxygen atoms in total. The Bertz CT molecular complexity index is 1400. The van der Waals surface area contributed by atoms with Crippen molar-refractivity contribution >= 4 is 0 Å². The molecular weight excluding hydrogens is 554 g/mol. The van der Waals surface area contributed by atoms with E-state index in [2.05, 4.69) is 36.4 Å². The van der Waals surface area contributed by atoms with Crippen molar-refractivity contribution in [1.29, 1.82) is 0 Å². The highest BCUT2D eigenvalue weighted by Crippen LogP contribution is 2.41. The van der Waals surface area contributed by atoms with Gasteiger partial charge in [0.1, 0.15) is 24.1 Å². The largest absolute Gasteiger partial charge is 0.497 e. The number of likely N-dealkylation sites (N-methyl/N-ethyl adjacent to an activating group) is 1. The number of fused-ring (bicyclic) bond motifs is 1. The van der Waals surface area contributed by atoms with Gasteiger partial charge in [-0.15, -0.1) is 0 Å². The first-order valence-electron chi connectivity index (χ1n) is 15.3. The lowest BCUT2D eigenvalue weighted by molar-refractivity contribution is -0.247. The molecule has 0 N–H and O–H groups in total. The van der Waals surface area contributed by atoms with Gasteiger partial charge in [0.25, 0.3) is 0 Å². The predicted octanol–water partition coefficient (Wildman–Crippen LogP) is 6.21. The molecule has 0 aromatic heterocycles. The van der Waals surface area contributed by atoms with Gasteiger partial charge < -0.3 is 23.7 Å². The smallest absolute Gasteiger partial charge is 0.118 e. The number of hydrogen-bond donors (Lipinski definition) is 0. The van der Waals surface area contributed by atoms with Crippen LogP contribution in [0.25, 0.3) is 0 Å². The van der Waals surface area contributed by atoms with E-state index in [1.165, 1.54) is 0 Å². The van der Waals surface area contributed by atoms with Crippen LogP contribution in [0.2, 0.25) is 0 Å². The van der Waals surface area contributed by atoms with Gasteiger partial charge in [-0.2, -0.15) is 5.06 Å². The summed E-state index contributed by atoms with van der Waals surface area (Å²) in [5, 5.41) is 1.93. The molecule has 44 heavy (non-hydrogen) atoms. The molecule has 0 spiro atoms. The molecule has 7 heteroatoms. The quantitative estimate of drug-likeness (QED) is 0.182. The zero-order valence-corrected chi connectivity index (χ0v) is 25.4. The minimum absolute atomic E-state index is 0.0157. The normalized spacial score (nSPS) is 25.0. The Morgan fingerprint density at radius 1 is 0.545 bits per heavy atom. The van der Waals surface area contributed by atoms with Gasteiger partial charge in [-0.25, -0.2) is 0 Å². The third-order valence-electron chi connectivity index (χ3n) is 8.52. The molecule has 0 radical (unpaired) electrons. The Morgan fingerprint density at radius 3 is 1.43 bits per heavy atom. The summed E-state index contributed by atoms with van der Waals surface area (Å²) in [6.45, 7) is 2.25. The van der Waals surface area contributed by atoms with Gasteiger partial charge in [0, 0.05) is 13.0 Å². The van der Waals surface area contributed by atoms with Gasteiger partial charge in [0.15, 0.2) is 0 Å². The summed E-state index contributed by atoms with van der Waals surface area (Å²) in [7, 11) is 3.65. The van der Waals surface area contributed by atoms with Crippen LogP contribution < -0.4 is 4.74 Å². The lowest BCUT2D eigenvalue weighted by atomic mass is 9.77. The highest BCUT2D eigenvalue weighted by molar-refractivity contribution is 5.27. The van der Waals surface area contributed by atoms with E-state index in [0.29, 0.717) is 33.0 Å². The van der Waals surface area contributed by atoms with Crippen LogP contribution >= 0.6 is 0 Å². The van der Waals surface area contributed by atoms with Crippen molar-refractivity contribution in [2.45, 2.75) is 56.9 Å². The zero-order valence-electron chi connectivity index (χ0n) is 25.4. The van der Waals surface area contributed by atoms with Crippen molar-refractivity contribution in [2.75, 3.05) is 20.8 Å². The SMILES string of the molecule is COc1ccc(CO[C@H]2[C@H](OCc3ccccc3)[C@@H](OCc3ccccc3)[C@H](OCc3ccccc3)[C@@H]3CON(C)[C@@H]32)cc1. The molecule has 0 bridgehead atoms. The first-order chi connectivity index (χ1) is 21.7. The standard InChI is InChI=1S/C37H41NO6/c1-38-33-32(26-44-38)34(40-22-27-12-6-3-7-13-27)36(42-23-28-14-8-4-9-15-28)37(43-24-29-16-10-5-11-17-29)35(33)41-25-30-18-20-31(39-2)21-19-30/h3-21,32-37H,22-26H2,1-2H3/t32-,33+,34-,35-,36+,37+/m1/s1. The predicted molar refractivity (Wildman–Crippen MR) is 168 cm³/mol. The molecule has 1 aliphatic heterocycles. The summed E-state index contributed by atoms with van der Waals surface area (Å²) in [5.74, 6) is 0.828. The summed E-state index contributed by atoms with van der Waals surface area (Å²) < 4.78 is 32.5. The third kappa shape index (κ3) is 7.38. The second-order valence-corrected chi connectivity index (χ2v) is 11.4. The van der Waals surface area contributed by atoms with E-state index in [0.717, 1.165) is 28.0 Å². The van der Waals surface area contributed by atoms with Gasteiger partial charge in [-0.1, -0.05) is 103 Å². The van der Waals surface area contributed by atoms with Crippen molar-refractivity contribution in [1.82, 2.24) is 5.06 Å². The van der Waals surface area contributed by atoms with E-state index in [-0.39, 0.29) is 24.2 Å². The second-order valence-electron chi connectivity index (χ2n) is 11.4. The lowest BCUT2D eigenvalue weighted by Gasteiger charge is -2.48. The van der Waals surface area contributed by atoms with Crippen LogP contribution in [0.1, 0.15) is 22.3 Å². The summed E-state index contributed by atoms with van der Waals surface area (Å²) in [4.78, 5) is 6.16. The highest BCUT2D eigenvalue weighted by atomic mass is 16.7. The molecule has 1 saturated heterocycles. The molecule has 6 rings (SSSR count). The average Bonchev–Trinajstić information content (AvgIpc) is 3.47. The molecule has 0 unspecified atom stereocenters. The number of methoxy groups -OCH3 is 1. The fourth-order valence-corrected chi connectivity index (χ4v) is 6.22. The maximum atomic E-state index is 6.81. The van der Waals surface area contributed by atoms with Crippen LogP contribution in [-0.2, 0) is 50.2 Å². The van der Waals surface area contributed by atoms with E-state index >= 15 is 0 Å². The summed E-state index contributed by atoms with van der Waals surface area (Å²) in [6, 6.07) is 38.6. The van der Waals surface area contributed by atoms with Crippen LogP contribution in [0.4, 0.5) is 0 Å². The molecule has 1 aliphatic carbocycles. The van der Waals surface area contributed by atoms with Gasteiger partial charge >= 0.3 is 0 Å². The van der Waals surface area contributed by atoms with Crippen molar-refractivity contribution < 1.29 is 28.5 Å². The summed E-state index contributed by atoms with van der Waals surface area (Å²) in [5.41, 5.74) is 4.34. The van der Waals surface area contributed by atoms with Crippen LogP contribution in [0.3, 0.4) is 0 Å². The summed E-state index contributed by atoms with van der Waals surface area (Å²) in [6.07, 6.45) is -1.45. The molecule has 230 valence electrons. The zero-order chi connectivity index (χ0) is 30.1. The van der Waals surface area contributed by atoms with E-state index in [1.807, 2.05) is 91.0 Å². The minimum Gasteiger partial charge on any atom is -0.497 e. The number of rotatable bonds is 13. The van der Waals surface area contributed by atoms with E-state index < -0.39 is 12.2 Å². The number of hydrogen-bond acceptors (Lipinski definition) is 7. The Morgan fingerprint density at radius 2 is 0.955 bits per heavy atom. The number of nitrogens with zero attached hydrogens (tertiary/aromatic N) is 1. The lowest BCUT2D eigenvalue weighted by Crippen LogP contribution is -2.65. The van der Waals surface area contributed by atoms with Gasteiger partial charge in [0.2, 0.25) is 0 Å². The summed E-state index contributed by atoms with van der Waals surface area (Å²) >= 11 is 0. The Labute approximate surface area is 260 Å². The Balaban J connectivity index is 1.32. The average molecular weight is 596 g/mol. The van der Waals surface area contributed by atoms with Crippen molar-refractivity contribution in [2.24, 2.45) is 5.92 Å². The molecule has 1 heterocycles. The second kappa shape index (κ2) is 14.9. The molecule has 1 saturated carbocycles. The van der Waals surface area contributed by atoms with Crippen LogP contribution in [0, 0.1) is 5.92 Å². The first kappa shape index (κ1) is 30.5. The number of ether oxygens (including phenoxy) is 5. The van der Waals surface area contributed by atoms with Gasteiger partial charge in [0.05, 0.1) is 52.3 Å². The molecule has 6 atom stereocenters. The fourth-order valence-electron chi connectivity index (χ4n) is 6.22.